The Balaban J connectivity index is 0.00000484. The van der Waals surface area contributed by atoms with Crippen LogP contribution in [-0.2, 0) is 23.4 Å². The Labute approximate surface area is 164 Å². The van der Waals surface area contributed by atoms with E-state index in [-0.39, 0.29) is 29.7 Å². The monoisotopic (exact) mass is 520 g/mol. The molecule has 1 rings (SSSR count). The number of nitrogens with one attached hydrogen (secondary N) is 1. The normalized spacial score (nSPS) is 12.0. The summed E-state index contributed by atoms with van der Waals surface area (Å²) >= 11 is 3.47. The van der Waals surface area contributed by atoms with Crippen molar-refractivity contribution in [3.05, 3.63) is 22.4 Å². The zero-order valence-electron chi connectivity index (χ0n) is 14.0. The molecule has 0 saturated heterocycles. The molecule has 0 atom stereocenters. The summed E-state index contributed by atoms with van der Waals surface area (Å²) in [5, 5.41) is 3.23. The van der Waals surface area contributed by atoms with Gasteiger partial charge in [-0.15, -0.1) is 24.0 Å². The summed E-state index contributed by atoms with van der Waals surface area (Å²) in [7, 11) is 1.06. The van der Waals surface area contributed by atoms with Crippen LogP contribution in [0.3, 0.4) is 0 Å². The van der Waals surface area contributed by atoms with Gasteiger partial charge in [0.1, 0.15) is 9.84 Å². The van der Waals surface area contributed by atoms with Crippen molar-refractivity contribution in [1.82, 2.24) is 14.8 Å². The predicted octanol–water partition coefficient (Wildman–Crippen LogP) is 2.24. The van der Waals surface area contributed by atoms with Gasteiger partial charge in [0.05, 0.1) is 12.3 Å². The maximum atomic E-state index is 11.1. The van der Waals surface area contributed by atoms with Crippen LogP contribution in [0.4, 0.5) is 0 Å². The third-order valence-corrected chi connectivity index (χ3v) is 4.57. The highest BCUT2D eigenvalue weighted by Crippen LogP contribution is 2.14. The van der Waals surface area contributed by atoms with Crippen LogP contribution in [-0.4, -0.2) is 56.0 Å². The Bertz CT molecular complexity index is 616. The van der Waals surface area contributed by atoms with E-state index in [4.69, 9.17) is 0 Å². The van der Waals surface area contributed by atoms with Gasteiger partial charge in [-0.3, -0.25) is 4.99 Å². The summed E-state index contributed by atoms with van der Waals surface area (Å²) in [5.41, 5.74) is 1.16. The van der Waals surface area contributed by atoms with Crippen molar-refractivity contribution in [3.63, 3.8) is 0 Å². The third kappa shape index (κ3) is 8.94. The minimum Gasteiger partial charge on any atom is -0.357 e. The molecular weight excluding hydrogens is 495 g/mol. The van der Waals surface area contributed by atoms with Crippen LogP contribution in [0.2, 0.25) is 0 Å². The molecule has 9 heteroatoms. The van der Waals surface area contributed by atoms with Crippen LogP contribution < -0.4 is 5.32 Å². The zero-order chi connectivity index (χ0) is 16.8. The van der Waals surface area contributed by atoms with Gasteiger partial charge < -0.3 is 14.8 Å². The SMILES string of the molecule is CCNC(=NCCCS(C)(=O)=O)N(C)Cc1cc(Br)cn1C.I. The van der Waals surface area contributed by atoms with Crippen molar-refractivity contribution < 1.29 is 8.42 Å². The number of halogens is 2. The van der Waals surface area contributed by atoms with Crippen LogP contribution in [0, 0.1) is 0 Å². The summed E-state index contributed by atoms with van der Waals surface area (Å²) in [5.74, 6) is 0.956. The summed E-state index contributed by atoms with van der Waals surface area (Å²) in [6.07, 6.45) is 3.80. The van der Waals surface area contributed by atoms with Crippen molar-refractivity contribution in [1.29, 1.82) is 0 Å². The minimum absolute atomic E-state index is 0. The number of aryl methyl sites for hydroxylation is 1. The standard InChI is InChI=1S/C14H25BrN4O2S.HI/c1-5-16-14(17-7-6-8-22(4,20)21)19(3)11-13-9-12(15)10-18(13)2;/h9-10H,5-8,11H2,1-4H3,(H,16,17);1H. The Morgan fingerprint density at radius 1 is 1.48 bits per heavy atom. The topological polar surface area (TPSA) is 66.7 Å². The van der Waals surface area contributed by atoms with Crippen molar-refractivity contribution >= 4 is 55.7 Å². The van der Waals surface area contributed by atoms with Crippen molar-refractivity contribution in [2.75, 3.05) is 32.1 Å². The molecule has 0 radical (unpaired) electrons. The molecule has 134 valence electrons. The molecule has 0 unspecified atom stereocenters. The second-order valence-electron chi connectivity index (χ2n) is 5.34. The number of aromatic nitrogens is 1. The summed E-state index contributed by atoms with van der Waals surface area (Å²) in [4.78, 5) is 6.53. The van der Waals surface area contributed by atoms with Crippen LogP contribution in [0.25, 0.3) is 0 Å². The maximum Gasteiger partial charge on any atom is 0.194 e. The van der Waals surface area contributed by atoms with E-state index in [0.29, 0.717) is 13.0 Å². The Hall–Kier alpha value is -0.290. The van der Waals surface area contributed by atoms with Crippen molar-refractivity contribution in [2.45, 2.75) is 19.9 Å². The summed E-state index contributed by atoms with van der Waals surface area (Å²) in [6, 6.07) is 2.07. The quantitative estimate of drug-likeness (QED) is 0.259. The molecule has 23 heavy (non-hydrogen) atoms. The van der Waals surface area contributed by atoms with E-state index in [1.807, 2.05) is 32.1 Å². The van der Waals surface area contributed by atoms with Gasteiger partial charge in [0, 0.05) is 49.8 Å². The predicted molar refractivity (Wildman–Crippen MR) is 110 cm³/mol. The van der Waals surface area contributed by atoms with Gasteiger partial charge in [-0.25, -0.2) is 8.42 Å². The molecule has 0 saturated carbocycles. The Morgan fingerprint density at radius 3 is 2.61 bits per heavy atom. The lowest BCUT2D eigenvalue weighted by molar-refractivity contribution is 0.462. The fourth-order valence-corrected chi connectivity index (χ4v) is 3.25. The van der Waals surface area contributed by atoms with Gasteiger partial charge >= 0.3 is 0 Å². The van der Waals surface area contributed by atoms with E-state index < -0.39 is 9.84 Å². The number of hydrogen-bond acceptors (Lipinski definition) is 3. The van der Waals surface area contributed by atoms with Gasteiger partial charge in [-0.2, -0.15) is 0 Å². The summed E-state index contributed by atoms with van der Waals surface area (Å²) in [6.45, 7) is 4.00. The van der Waals surface area contributed by atoms with Crippen LogP contribution in [0.5, 0.6) is 0 Å². The number of aliphatic imine (C=N–C) groups is 1. The molecular formula is C14H26BrIN4O2S. The highest BCUT2D eigenvalue weighted by atomic mass is 127. The first-order chi connectivity index (χ1) is 10.2. The molecule has 1 aromatic rings. The largest absolute Gasteiger partial charge is 0.357 e. The fourth-order valence-electron chi connectivity index (χ4n) is 2.02. The highest BCUT2D eigenvalue weighted by molar-refractivity contribution is 14.0. The maximum absolute atomic E-state index is 11.1. The van der Waals surface area contributed by atoms with Crippen LogP contribution in [0.1, 0.15) is 19.0 Å². The first kappa shape index (κ1) is 22.7. The molecule has 0 spiro atoms. The smallest absolute Gasteiger partial charge is 0.194 e. The molecule has 0 bridgehead atoms. The van der Waals surface area contributed by atoms with E-state index in [0.717, 1.165) is 29.2 Å². The van der Waals surface area contributed by atoms with E-state index in [1.54, 1.807) is 0 Å². The number of guanidine groups is 1. The Kier molecular flexibility index (Phi) is 10.4. The summed E-state index contributed by atoms with van der Waals surface area (Å²) < 4.78 is 25.4. The van der Waals surface area contributed by atoms with E-state index >= 15 is 0 Å². The minimum atomic E-state index is -2.92. The molecule has 1 N–H and O–H groups in total. The third-order valence-electron chi connectivity index (χ3n) is 3.10. The average Bonchev–Trinajstić information content (AvgIpc) is 2.70. The molecule has 0 aliphatic rings. The average molecular weight is 521 g/mol. The van der Waals surface area contributed by atoms with Crippen molar-refractivity contribution in [3.8, 4) is 0 Å². The van der Waals surface area contributed by atoms with E-state index in [2.05, 4.69) is 36.9 Å². The molecule has 1 heterocycles. The number of sulfone groups is 1. The van der Waals surface area contributed by atoms with Gasteiger partial charge in [0.25, 0.3) is 0 Å². The molecule has 6 nitrogen and oxygen atoms in total. The number of hydrogen-bond donors (Lipinski definition) is 1. The van der Waals surface area contributed by atoms with Gasteiger partial charge in [-0.1, -0.05) is 0 Å². The van der Waals surface area contributed by atoms with Gasteiger partial charge in [0.15, 0.2) is 5.96 Å². The highest BCUT2D eigenvalue weighted by Gasteiger charge is 2.09. The van der Waals surface area contributed by atoms with Gasteiger partial charge in [0.2, 0.25) is 0 Å². The second kappa shape index (κ2) is 10.5. The first-order valence-electron chi connectivity index (χ1n) is 7.21. The molecule has 0 amide bonds. The lowest BCUT2D eigenvalue weighted by atomic mass is 10.4. The second-order valence-corrected chi connectivity index (χ2v) is 8.51. The van der Waals surface area contributed by atoms with Crippen LogP contribution in [0.15, 0.2) is 21.7 Å². The molecule has 0 aliphatic carbocycles. The first-order valence-corrected chi connectivity index (χ1v) is 10.1. The zero-order valence-corrected chi connectivity index (χ0v) is 18.8. The lowest BCUT2D eigenvalue weighted by Crippen LogP contribution is -2.39. The lowest BCUT2D eigenvalue weighted by Gasteiger charge is -2.22. The van der Waals surface area contributed by atoms with E-state index in [9.17, 15) is 8.42 Å². The van der Waals surface area contributed by atoms with Crippen LogP contribution >= 0.6 is 39.9 Å². The van der Waals surface area contributed by atoms with E-state index in [1.165, 1.54) is 6.26 Å². The number of nitrogens with zero attached hydrogens (tertiary/aromatic N) is 3. The van der Waals surface area contributed by atoms with Gasteiger partial charge in [-0.05, 0) is 35.3 Å². The van der Waals surface area contributed by atoms with Crippen molar-refractivity contribution in [2.24, 2.45) is 12.0 Å². The number of rotatable bonds is 7. The molecule has 0 fully saturated rings. The molecule has 0 aliphatic heterocycles. The Morgan fingerprint density at radius 2 is 2.13 bits per heavy atom. The fraction of sp³-hybridized carbons (Fsp3) is 0.643. The molecule has 0 aromatic carbocycles. The molecule has 1 aromatic heterocycles.